The minimum Gasteiger partial charge on any atom is -0.495 e. The Morgan fingerprint density at radius 2 is 1.67 bits per heavy atom. The summed E-state index contributed by atoms with van der Waals surface area (Å²) in [6.07, 6.45) is 1.73. The number of pyridine rings is 1. The van der Waals surface area contributed by atoms with Gasteiger partial charge in [-0.05, 0) is 47.0 Å². The molecule has 2 heterocycles. The Balaban J connectivity index is 1.97. The fourth-order valence-electron chi connectivity index (χ4n) is 5.66. The molecule has 7 nitrogen and oxygen atoms in total. The van der Waals surface area contributed by atoms with Crippen molar-refractivity contribution in [1.82, 2.24) is 14.5 Å². The van der Waals surface area contributed by atoms with E-state index in [-0.39, 0.29) is 5.56 Å². The highest BCUT2D eigenvalue weighted by atomic mass is 28.3. The molecule has 0 spiro atoms. The minimum atomic E-state index is -2.03. The number of benzene rings is 2. The maximum Gasteiger partial charge on any atom is 0.258 e. The zero-order valence-electron chi connectivity index (χ0n) is 23.7. The van der Waals surface area contributed by atoms with E-state index in [0.29, 0.717) is 56.3 Å². The maximum atomic E-state index is 13.6. The van der Waals surface area contributed by atoms with E-state index in [4.69, 9.17) is 15.5 Å². The van der Waals surface area contributed by atoms with E-state index in [0.717, 1.165) is 5.69 Å². The molecular weight excluding hydrogens is 502 g/mol. The fourth-order valence-corrected chi connectivity index (χ4v) is 10.9. The van der Waals surface area contributed by atoms with Crippen LogP contribution in [0.3, 0.4) is 0 Å². The average Bonchev–Trinajstić information content (AvgIpc) is 2.88. The summed E-state index contributed by atoms with van der Waals surface area (Å²) < 4.78 is 7.03. The summed E-state index contributed by atoms with van der Waals surface area (Å²) >= 11 is 0. The third-order valence-corrected chi connectivity index (χ3v) is 13.8. The van der Waals surface area contributed by atoms with Gasteiger partial charge in [0, 0.05) is 23.5 Å². The molecule has 0 saturated heterocycles. The number of hydrogen-bond donors (Lipinski definition) is 2. The Bertz CT molecular complexity index is 1590. The van der Waals surface area contributed by atoms with Gasteiger partial charge in [-0.1, -0.05) is 65.7 Å². The molecular formula is C31H37N5O2Si. The van der Waals surface area contributed by atoms with Crippen LogP contribution in [0.4, 0.5) is 17.3 Å². The molecule has 0 aliphatic heterocycles. The van der Waals surface area contributed by atoms with Crippen LogP contribution in [0.1, 0.15) is 47.1 Å². The topological polar surface area (TPSA) is 95.1 Å². The number of fused-ring (bicyclic) bond motifs is 1. The molecule has 0 aliphatic carbocycles. The first-order valence-corrected chi connectivity index (χ1v) is 15.5. The normalized spacial score (nSPS) is 11.6. The molecule has 3 N–H and O–H groups in total. The Labute approximate surface area is 231 Å². The first kappa shape index (κ1) is 27.9. The minimum absolute atomic E-state index is 0.231. The van der Waals surface area contributed by atoms with Crippen molar-refractivity contribution < 1.29 is 4.74 Å². The highest BCUT2D eigenvalue weighted by Crippen LogP contribution is 2.41. The number of rotatable bonds is 7. The molecule has 0 radical (unpaired) electrons. The molecule has 0 saturated carbocycles. The van der Waals surface area contributed by atoms with Gasteiger partial charge in [-0.2, -0.15) is 4.98 Å². The van der Waals surface area contributed by atoms with Gasteiger partial charge in [0.15, 0.2) is 5.65 Å². The van der Waals surface area contributed by atoms with Crippen LogP contribution in [0.5, 0.6) is 5.75 Å². The molecule has 0 bridgehead atoms. The van der Waals surface area contributed by atoms with E-state index in [2.05, 4.69) is 63.3 Å². The van der Waals surface area contributed by atoms with E-state index >= 15 is 0 Å². The van der Waals surface area contributed by atoms with Crippen LogP contribution in [-0.2, 0) is 0 Å². The summed E-state index contributed by atoms with van der Waals surface area (Å²) in [7, 11) is -0.416. The van der Waals surface area contributed by atoms with Gasteiger partial charge in [-0.3, -0.25) is 9.36 Å². The number of hydrogen-bond acceptors (Lipinski definition) is 6. The number of nitrogens with zero attached hydrogens (tertiary/aromatic N) is 3. The first-order chi connectivity index (χ1) is 18.6. The third-order valence-electron chi connectivity index (χ3n) is 7.52. The molecule has 4 aromatic rings. The monoisotopic (exact) mass is 539 g/mol. The molecule has 0 atom stereocenters. The summed E-state index contributed by atoms with van der Waals surface area (Å²) in [5.74, 6) is 4.44. The second-order valence-corrected chi connectivity index (χ2v) is 16.3. The Morgan fingerprint density at radius 3 is 2.31 bits per heavy atom. The molecule has 0 aliphatic rings. The highest BCUT2D eigenvalue weighted by Gasteiger charge is 2.41. The van der Waals surface area contributed by atoms with Crippen molar-refractivity contribution in [3.8, 4) is 22.9 Å². The number of nitrogens with two attached hydrogens (primary N) is 1. The van der Waals surface area contributed by atoms with Crippen LogP contribution in [0.15, 0.2) is 65.6 Å². The van der Waals surface area contributed by atoms with Crippen molar-refractivity contribution >= 4 is 36.4 Å². The van der Waals surface area contributed by atoms with Crippen LogP contribution in [0, 0.1) is 11.5 Å². The van der Waals surface area contributed by atoms with Crippen LogP contribution in [0.2, 0.25) is 16.6 Å². The standard InChI is InChI=1S/C31H37N5O2Si/c1-20(2)39(21(3)4,22(5)6)16-15-23-17-29(37)36(25-12-10-11-24(32)18-25)30-26(23)19-33-31(35-30)34-27-13-8-9-14-28(27)38-7/h8-14,17-22H,32H2,1-7H3,(H,33,34,35). The predicted octanol–water partition coefficient (Wildman–Crippen LogP) is 6.68. The third kappa shape index (κ3) is 5.41. The number of anilines is 3. The lowest BCUT2D eigenvalue weighted by Crippen LogP contribution is -2.43. The molecule has 0 unspecified atom stereocenters. The molecule has 0 amide bonds. The van der Waals surface area contributed by atoms with Crippen LogP contribution in [-0.4, -0.2) is 29.7 Å². The van der Waals surface area contributed by atoms with Gasteiger partial charge in [0.2, 0.25) is 5.95 Å². The predicted molar refractivity (Wildman–Crippen MR) is 164 cm³/mol. The fraction of sp³-hybridized carbons (Fsp3) is 0.323. The van der Waals surface area contributed by atoms with E-state index < -0.39 is 8.07 Å². The highest BCUT2D eigenvalue weighted by molar-refractivity contribution is 6.90. The van der Waals surface area contributed by atoms with Crippen molar-refractivity contribution in [2.24, 2.45) is 0 Å². The lowest BCUT2D eigenvalue weighted by atomic mass is 10.1. The molecule has 202 valence electrons. The van der Waals surface area contributed by atoms with Gasteiger partial charge < -0.3 is 15.8 Å². The smallest absolute Gasteiger partial charge is 0.258 e. The first-order valence-electron chi connectivity index (χ1n) is 13.3. The Morgan fingerprint density at radius 1 is 0.974 bits per heavy atom. The molecule has 2 aromatic heterocycles. The Hall–Kier alpha value is -4.09. The summed E-state index contributed by atoms with van der Waals surface area (Å²) in [6, 6.07) is 16.3. The van der Waals surface area contributed by atoms with Crippen molar-refractivity contribution in [3.05, 3.63) is 76.7 Å². The summed E-state index contributed by atoms with van der Waals surface area (Å²) in [5, 5.41) is 3.93. The van der Waals surface area contributed by atoms with E-state index in [9.17, 15) is 4.79 Å². The van der Waals surface area contributed by atoms with Gasteiger partial charge in [0.1, 0.15) is 13.8 Å². The van der Waals surface area contributed by atoms with Gasteiger partial charge in [-0.15, -0.1) is 5.54 Å². The van der Waals surface area contributed by atoms with Crippen LogP contribution < -0.4 is 21.3 Å². The molecule has 8 heteroatoms. The Kier molecular flexibility index (Phi) is 8.12. The second-order valence-electron chi connectivity index (χ2n) is 10.7. The average molecular weight is 540 g/mol. The lowest BCUT2D eigenvalue weighted by molar-refractivity contribution is 0.417. The maximum absolute atomic E-state index is 13.6. The second kappa shape index (κ2) is 11.3. The van der Waals surface area contributed by atoms with Crippen molar-refractivity contribution in [2.45, 2.75) is 58.2 Å². The largest absolute Gasteiger partial charge is 0.495 e. The number of para-hydroxylation sites is 2. The number of aromatic nitrogens is 3. The lowest BCUT2D eigenvalue weighted by Gasteiger charge is -2.38. The molecule has 39 heavy (non-hydrogen) atoms. The number of methoxy groups -OCH3 is 1. The quantitative estimate of drug-likeness (QED) is 0.154. The SMILES string of the molecule is COc1ccccc1Nc1ncc2c(C#C[Si](C(C)C)(C(C)C)C(C)C)cc(=O)n(-c3cccc(N)c3)c2n1. The van der Waals surface area contributed by atoms with Gasteiger partial charge in [0.05, 0.1) is 23.9 Å². The van der Waals surface area contributed by atoms with E-state index in [1.807, 2.05) is 36.4 Å². The van der Waals surface area contributed by atoms with E-state index in [1.54, 1.807) is 36.1 Å². The van der Waals surface area contributed by atoms with Crippen molar-refractivity contribution in [1.29, 1.82) is 0 Å². The number of ether oxygens (including phenoxy) is 1. The summed E-state index contributed by atoms with van der Waals surface area (Å²) in [5.41, 5.74) is 14.0. The van der Waals surface area contributed by atoms with Gasteiger partial charge in [-0.25, -0.2) is 4.98 Å². The van der Waals surface area contributed by atoms with Crippen LogP contribution in [0.25, 0.3) is 16.7 Å². The molecule has 0 fully saturated rings. The van der Waals surface area contributed by atoms with Crippen LogP contribution >= 0.6 is 0 Å². The number of nitrogen functional groups attached to an aromatic ring is 1. The molecule has 2 aromatic carbocycles. The van der Waals surface area contributed by atoms with Gasteiger partial charge in [0.25, 0.3) is 5.56 Å². The van der Waals surface area contributed by atoms with Gasteiger partial charge >= 0.3 is 0 Å². The van der Waals surface area contributed by atoms with Crippen molar-refractivity contribution in [3.63, 3.8) is 0 Å². The zero-order chi connectivity index (χ0) is 28.3. The zero-order valence-corrected chi connectivity index (χ0v) is 24.7. The summed E-state index contributed by atoms with van der Waals surface area (Å²) in [6.45, 7) is 13.6. The summed E-state index contributed by atoms with van der Waals surface area (Å²) in [4.78, 5) is 23.0. The van der Waals surface area contributed by atoms with Crippen molar-refractivity contribution in [2.75, 3.05) is 18.2 Å². The van der Waals surface area contributed by atoms with E-state index in [1.165, 1.54) is 0 Å². The molecule has 4 rings (SSSR count). The number of nitrogens with one attached hydrogen (secondary N) is 1.